The zero-order chi connectivity index (χ0) is 14.7. The van der Waals surface area contributed by atoms with Gasteiger partial charge in [-0.25, -0.2) is 4.79 Å². The molecule has 1 aromatic heterocycles. The minimum absolute atomic E-state index is 0.152. The number of aromatic nitrogens is 2. The fourth-order valence-corrected chi connectivity index (χ4v) is 3.30. The van der Waals surface area contributed by atoms with E-state index in [1.807, 2.05) is 0 Å². The molecule has 0 spiro atoms. The summed E-state index contributed by atoms with van der Waals surface area (Å²) >= 11 is 0. The summed E-state index contributed by atoms with van der Waals surface area (Å²) < 4.78 is 7.47. The Labute approximate surface area is 124 Å². The van der Waals surface area contributed by atoms with Gasteiger partial charge in [0.2, 0.25) is 0 Å². The maximum atomic E-state index is 11.6. The summed E-state index contributed by atoms with van der Waals surface area (Å²) in [5, 5.41) is 17.1. The third-order valence-corrected chi connectivity index (χ3v) is 4.49. The maximum absolute atomic E-state index is 11.6. The Kier molecular flexibility index (Phi) is 4.43. The van der Waals surface area contributed by atoms with Gasteiger partial charge in [0.05, 0.1) is 12.3 Å². The first-order chi connectivity index (χ1) is 10.2. The summed E-state index contributed by atoms with van der Waals surface area (Å²) in [6, 6.07) is 0. The molecule has 0 amide bonds. The van der Waals surface area contributed by atoms with Crippen LogP contribution in [0.5, 0.6) is 5.75 Å². The summed E-state index contributed by atoms with van der Waals surface area (Å²) in [6.45, 7) is 2.66. The van der Waals surface area contributed by atoms with Gasteiger partial charge >= 0.3 is 5.97 Å². The number of nitrogens with zero attached hydrogens (tertiary/aromatic N) is 2. The molecule has 0 atom stereocenters. The highest BCUT2D eigenvalue weighted by molar-refractivity contribution is 5.88. The molecule has 1 saturated carbocycles. The molecule has 1 saturated heterocycles. The zero-order valence-corrected chi connectivity index (χ0v) is 12.3. The van der Waals surface area contributed by atoms with Crippen LogP contribution in [0, 0.1) is 5.92 Å². The number of carboxylic acid groups (broad SMARTS) is 1. The predicted molar refractivity (Wildman–Crippen MR) is 77.7 cm³/mol. The second-order valence-corrected chi connectivity index (χ2v) is 6.06. The first-order valence-corrected chi connectivity index (χ1v) is 7.90. The zero-order valence-electron chi connectivity index (χ0n) is 12.3. The Morgan fingerprint density at radius 1 is 1.33 bits per heavy atom. The number of hydrogen-bond acceptors (Lipinski definition) is 4. The second-order valence-electron chi connectivity index (χ2n) is 6.06. The lowest BCUT2D eigenvalue weighted by molar-refractivity contribution is 0.0673. The monoisotopic (exact) mass is 293 g/mol. The molecule has 116 valence electrons. The van der Waals surface area contributed by atoms with Crippen molar-refractivity contribution in [2.75, 3.05) is 13.1 Å². The van der Waals surface area contributed by atoms with Crippen LogP contribution in [0.2, 0.25) is 0 Å². The molecular formula is C15H23N3O3. The van der Waals surface area contributed by atoms with E-state index in [0.29, 0.717) is 18.2 Å². The lowest BCUT2D eigenvalue weighted by Crippen LogP contribution is -2.30. The number of nitrogens with one attached hydrogen (secondary N) is 1. The van der Waals surface area contributed by atoms with Crippen LogP contribution < -0.4 is 10.1 Å². The molecule has 2 aliphatic rings. The molecule has 3 rings (SSSR count). The van der Waals surface area contributed by atoms with Crippen molar-refractivity contribution in [3.63, 3.8) is 0 Å². The Balaban J connectivity index is 1.73. The van der Waals surface area contributed by atoms with Gasteiger partial charge < -0.3 is 15.2 Å². The second kappa shape index (κ2) is 6.47. The number of aromatic carboxylic acids is 1. The number of carboxylic acids is 1. The molecule has 2 heterocycles. The van der Waals surface area contributed by atoms with Gasteiger partial charge in [0.15, 0.2) is 11.4 Å². The summed E-state index contributed by atoms with van der Waals surface area (Å²) in [4.78, 5) is 11.6. The van der Waals surface area contributed by atoms with E-state index in [2.05, 4.69) is 10.4 Å². The van der Waals surface area contributed by atoms with Crippen molar-refractivity contribution < 1.29 is 14.6 Å². The Morgan fingerprint density at radius 3 is 2.71 bits per heavy atom. The van der Waals surface area contributed by atoms with E-state index < -0.39 is 5.97 Å². The molecule has 1 aliphatic carbocycles. The summed E-state index contributed by atoms with van der Waals surface area (Å²) in [6.07, 6.45) is 8.21. The number of rotatable bonds is 5. The molecule has 6 nitrogen and oxygen atoms in total. The largest absolute Gasteiger partial charge is 0.486 e. The van der Waals surface area contributed by atoms with E-state index >= 15 is 0 Å². The minimum Gasteiger partial charge on any atom is -0.486 e. The topological polar surface area (TPSA) is 76.4 Å². The van der Waals surface area contributed by atoms with Crippen LogP contribution in [0.3, 0.4) is 0 Å². The minimum atomic E-state index is -0.950. The standard InChI is InChI=1S/C15H23N3O3/c19-15(20)14-13(21-12-3-1-2-4-12)9-17-18(14)10-11-5-7-16-8-6-11/h9,11-12,16H,1-8,10H2,(H,19,20). The number of hydrogen-bond donors (Lipinski definition) is 2. The molecule has 1 aliphatic heterocycles. The van der Waals surface area contributed by atoms with Gasteiger partial charge in [-0.1, -0.05) is 0 Å². The lowest BCUT2D eigenvalue weighted by atomic mass is 9.98. The summed E-state index contributed by atoms with van der Waals surface area (Å²) in [7, 11) is 0. The smallest absolute Gasteiger partial charge is 0.358 e. The van der Waals surface area contributed by atoms with Gasteiger partial charge in [0.1, 0.15) is 0 Å². The van der Waals surface area contributed by atoms with E-state index in [-0.39, 0.29) is 11.8 Å². The highest BCUT2D eigenvalue weighted by atomic mass is 16.5. The molecule has 0 unspecified atom stereocenters. The molecule has 2 fully saturated rings. The highest BCUT2D eigenvalue weighted by Crippen LogP contribution is 2.27. The van der Waals surface area contributed by atoms with E-state index in [1.165, 1.54) is 0 Å². The van der Waals surface area contributed by atoms with Crippen LogP contribution in [0.25, 0.3) is 0 Å². The van der Waals surface area contributed by atoms with Gasteiger partial charge in [-0.05, 0) is 57.5 Å². The first-order valence-electron chi connectivity index (χ1n) is 7.90. The van der Waals surface area contributed by atoms with Crippen molar-refractivity contribution in [1.29, 1.82) is 0 Å². The predicted octanol–water partition coefficient (Wildman–Crippen LogP) is 1.90. The molecule has 0 bridgehead atoms. The third-order valence-electron chi connectivity index (χ3n) is 4.49. The quantitative estimate of drug-likeness (QED) is 0.867. The lowest BCUT2D eigenvalue weighted by Gasteiger charge is -2.22. The average Bonchev–Trinajstić information content (AvgIpc) is 3.11. The van der Waals surface area contributed by atoms with Crippen LogP contribution in [0.4, 0.5) is 0 Å². The highest BCUT2D eigenvalue weighted by Gasteiger charge is 2.25. The molecule has 2 N–H and O–H groups in total. The molecule has 0 radical (unpaired) electrons. The van der Waals surface area contributed by atoms with Gasteiger partial charge in [-0.2, -0.15) is 5.10 Å². The Morgan fingerprint density at radius 2 is 2.05 bits per heavy atom. The number of ether oxygens (including phenoxy) is 1. The van der Waals surface area contributed by atoms with E-state index in [1.54, 1.807) is 10.9 Å². The van der Waals surface area contributed by atoms with Crippen molar-refractivity contribution >= 4 is 5.97 Å². The van der Waals surface area contributed by atoms with Crippen molar-refractivity contribution in [3.05, 3.63) is 11.9 Å². The van der Waals surface area contributed by atoms with E-state index in [9.17, 15) is 9.90 Å². The van der Waals surface area contributed by atoms with Crippen molar-refractivity contribution in [2.45, 2.75) is 51.2 Å². The van der Waals surface area contributed by atoms with Crippen molar-refractivity contribution in [1.82, 2.24) is 15.1 Å². The molecule has 21 heavy (non-hydrogen) atoms. The Bertz CT molecular complexity index is 488. The van der Waals surface area contributed by atoms with Crippen molar-refractivity contribution in [2.24, 2.45) is 5.92 Å². The summed E-state index contributed by atoms with van der Waals surface area (Å²) in [5.74, 6) is -0.0265. The van der Waals surface area contributed by atoms with Gasteiger partial charge in [-0.15, -0.1) is 0 Å². The molecule has 6 heteroatoms. The third kappa shape index (κ3) is 3.37. The van der Waals surface area contributed by atoms with E-state index in [0.717, 1.165) is 51.6 Å². The Hall–Kier alpha value is -1.56. The molecule has 0 aromatic carbocycles. The first kappa shape index (κ1) is 14.4. The van der Waals surface area contributed by atoms with Gasteiger partial charge in [0.25, 0.3) is 0 Å². The van der Waals surface area contributed by atoms with Gasteiger partial charge in [-0.3, -0.25) is 4.68 Å². The van der Waals surface area contributed by atoms with Crippen LogP contribution in [0.15, 0.2) is 6.20 Å². The molecular weight excluding hydrogens is 270 g/mol. The maximum Gasteiger partial charge on any atom is 0.358 e. The average molecular weight is 293 g/mol. The SMILES string of the molecule is O=C(O)c1c(OC2CCCC2)cnn1CC1CCNCC1. The molecule has 1 aromatic rings. The fraction of sp³-hybridized carbons (Fsp3) is 0.733. The fourth-order valence-electron chi connectivity index (χ4n) is 3.30. The van der Waals surface area contributed by atoms with Crippen LogP contribution in [0.1, 0.15) is 49.0 Å². The number of piperidine rings is 1. The van der Waals surface area contributed by atoms with Crippen LogP contribution >= 0.6 is 0 Å². The summed E-state index contributed by atoms with van der Waals surface area (Å²) in [5.41, 5.74) is 0.209. The van der Waals surface area contributed by atoms with Crippen LogP contribution in [-0.4, -0.2) is 40.0 Å². The van der Waals surface area contributed by atoms with Crippen LogP contribution in [-0.2, 0) is 6.54 Å². The van der Waals surface area contributed by atoms with Gasteiger partial charge in [0, 0.05) is 6.54 Å². The number of carbonyl (C=O) groups is 1. The normalized spacial score (nSPS) is 20.8. The van der Waals surface area contributed by atoms with E-state index in [4.69, 9.17) is 4.74 Å². The van der Waals surface area contributed by atoms with Crippen molar-refractivity contribution in [3.8, 4) is 5.75 Å².